The number of ether oxygens (including phenoxy) is 2. The first-order valence-electron chi connectivity index (χ1n) is 10.5. The standard InChI is InChI=1S/C19H19N7O12S2/c1-19(15(29)25(40(33,34)35)16(19)38-18(21)30)23-14(28)13(11-8-39-17(20)22-11)24-37-7-12(27)36-6-9-2-4-10(5-3-9)26(31)32/h2-5,8,16H,6-7H2,1H3,(H2,20,22)(H2,21,30)(H,23,28)(H,33,34,35)/t16-,19+/m0/s1. The molecule has 1 aliphatic rings. The molecule has 0 unspecified atom stereocenters. The number of nitrogens with two attached hydrogens (primary N) is 2. The van der Waals surface area contributed by atoms with Crippen LogP contribution >= 0.6 is 11.3 Å². The van der Waals surface area contributed by atoms with Gasteiger partial charge in [-0.3, -0.25) is 24.3 Å². The van der Waals surface area contributed by atoms with Crippen LogP contribution in [0.1, 0.15) is 18.2 Å². The van der Waals surface area contributed by atoms with Crippen LogP contribution in [0.15, 0.2) is 34.8 Å². The number of esters is 1. The zero-order valence-corrected chi connectivity index (χ0v) is 21.7. The van der Waals surface area contributed by atoms with Crippen LogP contribution in [0, 0.1) is 10.1 Å². The maximum Gasteiger partial charge on any atom is 0.406 e. The highest BCUT2D eigenvalue weighted by molar-refractivity contribution is 7.84. The molecule has 0 saturated carbocycles. The van der Waals surface area contributed by atoms with Crippen molar-refractivity contribution in [2.75, 3.05) is 12.3 Å². The molecule has 1 fully saturated rings. The van der Waals surface area contributed by atoms with Gasteiger partial charge in [-0.1, -0.05) is 5.16 Å². The number of β-lactam (4-membered cyclic amide) rings is 1. The van der Waals surface area contributed by atoms with Crippen molar-refractivity contribution >= 4 is 62.0 Å². The molecular weight excluding hydrogens is 582 g/mol. The zero-order chi connectivity index (χ0) is 29.8. The van der Waals surface area contributed by atoms with Crippen LogP contribution in [0.3, 0.4) is 0 Å². The maximum atomic E-state index is 13.0. The summed E-state index contributed by atoms with van der Waals surface area (Å²) in [4.78, 5) is 67.7. The average Bonchev–Trinajstić information content (AvgIpc) is 3.29. The highest BCUT2D eigenvalue weighted by Crippen LogP contribution is 2.34. The minimum absolute atomic E-state index is 0.00331. The molecule has 40 heavy (non-hydrogen) atoms. The molecule has 1 aliphatic heterocycles. The lowest BCUT2D eigenvalue weighted by atomic mass is 9.90. The Morgan fingerprint density at radius 2 is 1.98 bits per heavy atom. The van der Waals surface area contributed by atoms with Crippen LogP contribution in [0.5, 0.6) is 0 Å². The maximum absolute atomic E-state index is 13.0. The molecular formula is C19H19N7O12S2. The molecule has 1 aromatic heterocycles. The van der Waals surface area contributed by atoms with Gasteiger partial charge in [0.2, 0.25) is 12.8 Å². The second kappa shape index (κ2) is 11.5. The van der Waals surface area contributed by atoms with E-state index < -0.39 is 63.2 Å². The van der Waals surface area contributed by atoms with E-state index in [0.29, 0.717) is 5.56 Å². The molecule has 1 saturated heterocycles. The van der Waals surface area contributed by atoms with E-state index in [1.807, 2.05) is 0 Å². The number of carbonyl (C=O) groups is 4. The van der Waals surface area contributed by atoms with E-state index in [0.717, 1.165) is 18.3 Å². The number of nitro groups is 1. The average molecular weight is 602 g/mol. The highest BCUT2D eigenvalue weighted by Gasteiger charge is 2.66. The number of oxime groups is 1. The van der Waals surface area contributed by atoms with Crippen LogP contribution in [0.25, 0.3) is 0 Å². The van der Waals surface area contributed by atoms with E-state index in [1.165, 1.54) is 29.6 Å². The third-order valence-corrected chi connectivity index (χ3v) is 6.59. The molecule has 0 radical (unpaired) electrons. The number of thiazole rings is 1. The smallest absolute Gasteiger partial charge is 0.406 e. The number of amides is 3. The van der Waals surface area contributed by atoms with E-state index in [4.69, 9.17) is 21.0 Å². The van der Waals surface area contributed by atoms with Crippen LogP contribution in [0.2, 0.25) is 0 Å². The van der Waals surface area contributed by atoms with Crippen molar-refractivity contribution in [3.8, 4) is 0 Å². The van der Waals surface area contributed by atoms with E-state index in [9.17, 15) is 42.3 Å². The van der Waals surface area contributed by atoms with Crippen molar-refractivity contribution in [1.82, 2.24) is 14.6 Å². The molecule has 2 heterocycles. The lowest BCUT2D eigenvalue weighted by Crippen LogP contribution is -2.81. The summed E-state index contributed by atoms with van der Waals surface area (Å²) in [6, 6.07) is 5.19. The Morgan fingerprint density at radius 1 is 1.32 bits per heavy atom. The number of nitrogens with zero attached hydrogens (tertiary/aromatic N) is 4. The third-order valence-electron chi connectivity index (χ3n) is 5.07. The number of nitrogens with one attached hydrogen (secondary N) is 1. The summed E-state index contributed by atoms with van der Waals surface area (Å²) in [5.41, 5.74) is 7.73. The molecule has 2 aromatic rings. The fourth-order valence-electron chi connectivity index (χ4n) is 3.19. The van der Waals surface area contributed by atoms with E-state index >= 15 is 0 Å². The first-order chi connectivity index (χ1) is 18.6. The number of non-ortho nitro benzene ring substituents is 1. The van der Waals surface area contributed by atoms with Crippen LogP contribution in [-0.4, -0.2) is 75.1 Å². The minimum Gasteiger partial charge on any atom is -0.458 e. The Bertz CT molecular complexity index is 1490. The Labute approximate surface area is 227 Å². The summed E-state index contributed by atoms with van der Waals surface area (Å²) in [6.07, 6.45) is -3.59. The lowest BCUT2D eigenvalue weighted by Gasteiger charge is -2.49. The van der Waals surface area contributed by atoms with Gasteiger partial charge in [-0.15, -0.1) is 11.3 Å². The number of carbonyl (C=O) groups excluding carboxylic acids is 4. The van der Waals surface area contributed by atoms with Crippen LogP contribution in [0.4, 0.5) is 15.6 Å². The monoisotopic (exact) mass is 601 g/mol. The topological polar surface area (TPSA) is 286 Å². The highest BCUT2D eigenvalue weighted by atomic mass is 32.2. The van der Waals surface area contributed by atoms with Crippen molar-refractivity contribution in [2.24, 2.45) is 10.9 Å². The Hall–Kier alpha value is -4.89. The fraction of sp³-hybridized carbons (Fsp3) is 0.263. The Morgan fingerprint density at radius 3 is 2.50 bits per heavy atom. The van der Waals surface area contributed by atoms with Gasteiger partial charge in [0, 0.05) is 17.5 Å². The quantitative estimate of drug-likeness (QED) is 0.0602. The number of rotatable bonds is 11. The first-order valence-corrected chi connectivity index (χ1v) is 12.8. The second-order valence-electron chi connectivity index (χ2n) is 7.89. The van der Waals surface area contributed by atoms with Gasteiger partial charge in [0.1, 0.15) is 12.3 Å². The van der Waals surface area contributed by atoms with Crippen LogP contribution < -0.4 is 16.8 Å². The number of nitrogen functional groups attached to an aromatic ring is 1. The summed E-state index contributed by atoms with van der Waals surface area (Å²) in [5, 5.41) is 17.6. The van der Waals surface area contributed by atoms with Crippen LogP contribution in [-0.2, 0) is 45.6 Å². The first kappa shape index (κ1) is 29.7. The molecule has 0 bridgehead atoms. The van der Waals surface area contributed by atoms with Gasteiger partial charge in [0.15, 0.2) is 16.4 Å². The van der Waals surface area contributed by atoms with Gasteiger partial charge >= 0.3 is 22.4 Å². The molecule has 3 rings (SSSR count). The number of benzene rings is 1. The number of anilines is 1. The summed E-state index contributed by atoms with van der Waals surface area (Å²) >= 11 is 0.892. The van der Waals surface area contributed by atoms with Crippen molar-refractivity contribution in [3.63, 3.8) is 0 Å². The SMILES string of the molecule is C[C@@]1(NC(=O)C(=NOCC(=O)OCc2ccc([N+](=O)[O-])cc2)c2csc(N)n2)C(=O)N(S(=O)(=O)O)[C@H]1OC(N)=O. The Balaban J connectivity index is 1.72. The number of hydrogen-bond acceptors (Lipinski definition) is 15. The van der Waals surface area contributed by atoms with Gasteiger partial charge < -0.3 is 31.1 Å². The predicted molar refractivity (Wildman–Crippen MR) is 131 cm³/mol. The summed E-state index contributed by atoms with van der Waals surface area (Å²) in [5.74, 6) is -3.55. The lowest BCUT2D eigenvalue weighted by molar-refractivity contribution is -0.384. The van der Waals surface area contributed by atoms with Gasteiger partial charge in [-0.25, -0.2) is 14.6 Å². The summed E-state index contributed by atoms with van der Waals surface area (Å²) in [7, 11) is -5.21. The molecule has 0 aliphatic carbocycles. The van der Waals surface area contributed by atoms with E-state index in [1.54, 1.807) is 0 Å². The normalized spacial score (nSPS) is 18.9. The van der Waals surface area contributed by atoms with E-state index in [2.05, 4.69) is 20.2 Å². The summed E-state index contributed by atoms with van der Waals surface area (Å²) in [6.45, 7) is -0.0959. The van der Waals surface area contributed by atoms with Gasteiger partial charge in [0.05, 0.1) is 4.92 Å². The summed E-state index contributed by atoms with van der Waals surface area (Å²) < 4.78 is 41.6. The Kier molecular flexibility index (Phi) is 8.50. The molecule has 3 amide bonds. The van der Waals surface area contributed by atoms with Crippen molar-refractivity contribution in [2.45, 2.75) is 25.3 Å². The van der Waals surface area contributed by atoms with Gasteiger partial charge in [-0.2, -0.15) is 12.7 Å². The molecule has 1 aromatic carbocycles. The third kappa shape index (κ3) is 6.57. The largest absolute Gasteiger partial charge is 0.458 e. The second-order valence-corrected chi connectivity index (χ2v) is 10.1. The molecule has 0 spiro atoms. The number of hydrogen-bond donors (Lipinski definition) is 4. The molecule has 2 atom stereocenters. The van der Waals surface area contributed by atoms with E-state index in [-0.39, 0.29) is 27.4 Å². The molecule has 19 nitrogen and oxygen atoms in total. The molecule has 214 valence electrons. The molecule has 6 N–H and O–H groups in total. The number of nitro benzene ring substituents is 1. The minimum atomic E-state index is -5.21. The van der Waals surface area contributed by atoms with Crippen molar-refractivity contribution < 1.29 is 51.4 Å². The fourth-order valence-corrected chi connectivity index (χ4v) is 4.63. The number of primary amides is 1. The van der Waals surface area contributed by atoms with Crippen molar-refractivity contribution in [1.29, 1.82) is 0 Å². The molecule has 21 heteroatoms. The number of aromatic nitrogens is 1. The zero-order valence-electron chi connectivity index (χ0n) is 20.1. The van der Waals surface area contributed by atoms with Gasteiger partial charge in [0.25, 0.3) is 17.5 Å². The van der Waals surface area contributed by atoms with Gasteiger partial charge in [-0.05, 0) is 24.6 Å². The predicted octanol–water partition coefficient (Wildman–Crippen LogP) is -0.961. The van der Waals surface area contributed by atoms with Crippen molar-refractivity contribution in [3.05, 3.63) is 51.0 Å².